The van der Waals surface area contributed by atoms with Crippen molar-refractivity contribution in [1.82, 2.24) is 15.6 Å². The zero-order chi connectivity index (χ0) is 39.2. The van der Waals surface area contributed by atoms with E-state index in [1.54, 1.807) is 12.1 Å². The van der Waals surface area contributed by atoms with E-state index >= 15 is 0 Å². The molecular formula is C43H49F4N3O4. The third-order valence-electron chi connectivity index (χ3n) is 11.4. The molecule has 0 radical (unpaired) electrons. The lowest BCUT2D eigenvalue weighted by Gasteiger charge is -2.39. The number of para-hydroxylation sites is 1. The van der Waals surface area contributed by atoms with Crippen molar-refractivity contribution in [2.24, 2.45) is 23.7 Å². The lowest BCUT2D eigenvalue weighted by molar-refractivity contribution is -0.139. The number of carbonyl (C=O) groups excluding carboxylic acids is 4. The van der Waals surface area contributed by atoms with E-state index in [0.717, 1.165) is 11.6 Å². The molecule has 5 atom stereocenters. The van der Waals surface area contributed by atoms with E-state index in [1.807, 2.05) is 58.0 Å². The molecular weight excluding hydrogens is 698 g/mol. The van der Waals surface area contributed by atoms with Gasteiger partial charge in [0.05, 0.1) is 11.1 Å². The van der Waals surface area contributed by atoms with Crippen LogP contribution in [-0.2, 0) is 51.2 Å². The summed E-state index contributed by atoms with van der Waals surface area (Å²) in [5.41, 5.74) is -0.319. The number of nitrogens with one attached hydrogen (secondary N) is 3. The molecule has 3 aromatic carbocycles. The van der Waals surface area contributed by atoms with Gasteiger partial charge in [-0.25, -0.2) is 4.39 Å². The van der Waals surface area contributed by atoms with E-state index in [-0.39, 0.29) is 79.7 Å². The number of fused-ring (bicyclic) bond motifs is 3. The molecule has 0 saturated carbocycles. The highest BCUT2D eigenvalue weighted by atomic mass is 19.4. The van der Waals surface area contributed by atoms with Crippen molar-refractivity contribution in [2.75, 3.05) is 0 Å². The van der Waals surface area contributed by atoms with Crippen molar-refractivity contribution in [3.05, 3.63) is 107 Å². The smallest absolute Gasteiger partial charge is 0.358 e. The molecule has 1 aromatic heterocycles. The second kappa shape index (κ2) is 17.1. The van der Waals surface area contributed by atoms with Gasteiger partial charge in [0.15, 0.2) is 5.78 Å². The van der Waals surface area contributed by atoms with E-state index in [9.17, 15) is 36.7 Å². The zero-order valence-electron chi connectivity index (χ0n) is 31.2. The Morgan fingerprint density at radius 2 is 1.48 bits per heavy atom. The van der Waals surface area contributed by atoms with Crippen molar-refractivity contribution < 1.29 is 36.7 Å². The minimum Gasteiger partial charge on any atom is -0.358 e. The highest BCUT2D eigenvalue weighted by molar-refractivity contribution is 5.99. The quantitative estimate of drug-likeness (QED) is 0.100. The van der Waals surface area contributed by atoms with Crippen molar-refractivity contribution >= 4 is 34.3 Å². The SMILES string of the molecule is CCC(C)[C@H](CC(=O)[C@@]1(NC(=O)[C@@H](CC(=O)Cc2ccccc2F)C(C)CC)CCc2[nH]c3c(C(F)(F)F)cccc3c2C1)C(=O)NCc1ccccc1. The Labute approximate surface area is 313 Å². The summed E-state index contributed by atoms with van der Waals surface area (Å²) in [5, 5.41) is 6.32. The third kappa shape index (κ3) is 9.10. The first-order valence-electron chi connectivity index (χ1n) is 18.8. The predicted molar refractivity (Wildman–Crippen MR) is 200 cm³/mol. The Morgan fingerprint density at radius 3 is 2.13 bits per heavy atom. The first-order chi connectivity index (χ1) is 25.7. The third-order valence-corrected chi connectivity index (χ3v) is 11.4. The van der Waals surface area contributed by atoms with Crippen LogP contribution in [0.4, 0.5) is 17.6 Å². The monoisotopic (exact) mass is 747 g/mol. The maximum atomic E-state index is 14.8. The Hall–Kier alpha value is -4.80. The van der Waals surface area contributed by atoms with Gasteiger partial charge >= 0.3 is 6.18 Å². The van der Waals surface area contributed by atoms with Gasteiger partial charge in [-0.05, 0) is 53.5 Å². The number of benzene rings is 3. The summed E-state index contributed by atoms with van der Waals surface area (Å²) in [6.07, 6.45) is -3.93. The number of amides is 2. The van der Waals surface area contributed by atoms with E-state index in [2.05, 4.69) is 15.6 Å². The van der Waals surface area contributed by atoms with Gasteiger partial charge in [0.1, 0.15) is 17.1 Å². The van der Waals surface area contributed by atoms with Crippen molar-refractivity contribution in [2.45, 2.75) is 97.3 Å². The minimum absolute atomic E-state index is 0.0774. The van der Waals surface area contributed by atoms with Crippen LogP contribution in [0.15, 0.2) is 72.8 Å². The molecule has 0 saturated heterocycles. The first kappa shape index (κ1) is 40.4. The van der Waals surface area contributed by atoms with Gasteiger partial charge < -0.3 is 15.6 Å². The van der Waals surface area contributed by atoms with Gasteiger partial charge in [-0.1, -0.05) is 101 Å². The summed E-state index contributed by atoms with van der Waals surface area (Å²) in [4.78, 5) is 59.3. The van der Waals surface area contributed by atoms with Crippen LogP contribution in [-0.4, -0.2) is 33.9 Å². The summed E-state index contributed by atoms with van der Waals surface area (Å²) >= 11 is 0. The number of hydrogen-bond donors (Lipinski definition) is 3. The number of Topliss-reactive ketones (excluding diaryl/α,β-unsaturated/α-hetero) is 2. The molecule has 1 aliphatic carbocycles. The number of aromatic amines is 1. The Bertz CT molecular complexity index is 1970. The fourth-order valence-corrected chi connectivity index (χ4v) is 7.61. The molecule has 7 nitrogen and oxygen atoms in total. The van der Waals surface area contributed by atoms with Gasteiger partial charge in [-0.3, -0.25) is 19.2 Å². The Kier molecular flexibility index (Phi) is 12.8. The second-order valence-corrected chi connectivity index (χ2v) is 14.9. The molecule has 0 fully saturated rings. The highest BCUT2D eigenvalue weighted by Crippen LogP contribution is 2.41. The van der Waals surface area contributed by atoms with Crippen LogP contribution < -0.4 is 10.6 Å². The molecule has 11 heteroatoms. The first-order valence-corrected chi connectivity index (χ1v) is 18.8. The highest BCUT2D eigenvalue weighted by Gasteiger charge is 2.47. The van der Waals surface area contributed by atoms with E-state index in [4.69, 9.17) is 0 Å². The summed E-state index contributed by atoms with van der Waals surface area (Å²) in [6.45, 7) is 7.80. The second-order valence-electron chi connectivity index (χ2n) is 14.9. The average Bonchev–Trinajstić information content (AvgIpc) is 3.52. The van der Waals surface area contributed by atoms with Gasteiger partial charge in [-0.2, -0.15) is 13.2 Å². The number of ketones is 2. The molecule has 0 bridgehead atoms. The molecule has 2 unspecified atom stereocenters. The molecule has 4 aromatic rings. The number of aromatic nitrogens is 1. The Morgan fingerprint density at radius 1 is 0.833 bits per heavy atom. The summed E-state index contributed by atoms with van der Waals surface area (Å²) in [5.74, 6) is -4.20. The standard InChI is InChI=1S/C43H49F4N3O4/c1-5-26(3)32(22-30(51)21-29-15-10-11-18-36(29)44)41(54)50-42(20-19-37-34(24-42)31-16-12-17-35(39(31)49-37)43(45,46)47)38(52)23-33(27(4)6-2)40(53)48-25-28-13-8-7-9-14-28/h7-18,26-27,32-33,49H,5-6,19-25H2,1-4H3,(H,48,53)(H,50,54)/t26?,27?,32-,33-,42+/m0/s1. The molecule has 0 aliphatic heterocycles. The topological polar surface area (TPSA) is 108 Å². The molecule has 54 heavy (non-hydrogen) atoms. The molecule has 5 rings (SSSR count). The van der Waals surface area contributed by atoms with E-state index in [0.29, 0.717) is 29.5 Å². The molecule has 288 valence electrons. The zero-order valence-corrected chi connectivity index (χ0v) is 31.2. The molecule has 2 amide bonds. The number of hydrogen-bond acceptors (Lipinski definition) is 4. The maximum absolute atomic E-state index is 14.8. The molecule has 1 aliphatic rings. The summed E-state index contributed by atoms with van der Waals surface area (Å²) in [7, 11) is 0. The maximum Gasteiger partial charge on any atom is 0.418 e. The van der Waals surface area contributed by atoms with Crippen LogP contribution in [0, 0.1) is 29.5 Å². The number of alkyl halides is 3. The van der Waals surface area contributed by atoms with Crippen molar-refractivity contribution in [3.8, 4) is 0 Å². The van der Waals surface area contributed by atoms with Gasteiger partial charge in [0.25, 0.3) is 0 Å². The van der Waals surface area contributed by atoms with E-state index in [1.165, 1.54) is 24.3 Å². The van der Waals surface area contributed by atoms with Gasteiger partial charge in [-0.15, -0.1) is 0 Å². The number of halogens is 4. The molecule has 0 spiro atoms. The van der Waals surface area contributed by atoms with Crippen LogP contribution in [0.1, 0.15) is 87.7 Å². The van der Waals surface area contributed by atoms with Crippen LogP contribution in [0.5, 0.6) is 0 Å². The molecule has 1 heterocycles. The normalized spacial score (nSPS) is 17.9. The summed E-state index contributed by atoms with van der Waals surface area (Å²) < 4.78 is 56.7. The number of carbonyl (C=O) groups is 4. The fraction of sp³-hybridized carbons (Fsp3) is 0.442. The van der Waals surface area contributed by atoms with Crippen molar-refractivity contribution in [3.63, 3.8) is 0 Å². The van der Waals surface area contributed by atoms with E-state index < -0.39 is 46.6 Å². The predicted octanol–water partition coefficient (Wildman–Crippen LogP) is 8.47. The fourth-order valence-electron chi connectivity index (χ4n) is 7.61. The number of rotatable bonds is 16. The van der Waals surface area contributed by atoms with Crippen molar-refractivity contribution in [1.29, 1.82) is 0 Å². The number of aryl methyl sites for hydroxylation is 1. The summed E-state index contributed by atoms with van der Waals surface area (Å²) in [6, 6.07) is 19.2. The largest absolute Gasteiger partial charge is 0.418 e. The average molecular weight is 748 g/mol. The van der Waals surface area contributed by atoms with Gasteiger partial charge in [0, 0.05) is 55.1 Å². The van der Waals surface area contributed by atoms with Gasteiger partial charge in [0.2, 0.25) is 11.8 Å². The Balaban J connectivity index is 1.49. The lowest BCUT2D eigenvalue weighted by Crippen LogP contribution is -2.60. The number of H-pyrrole nitrogens is 1. The van der Waals surface area contributed by atoms with Crippen LogP contribution >= 0.6 is 0 Å². The van der Waals surface area contributed by atoms with Crippen LogP contribution in [0.3, 0.4) is 0 Å². The van der Waals surface area contributed by atoms with Crippen LogP contribution in [0.2, 0.25) is 0 Å². The lowest BCUT2D eigenvalue weighted by atomic mass is 9.72. The van der Waals surface area contributed by atoms with Crippen LogP contribution in [0.25, 0.3) is 10.9 Å². The molecule has 3 N–H and O–H groups in total. The minimum atomic E-state index is -4.62.